The molecule has 0 spiro atoms. The molecule has 1 aromatic carbocycles. The van der Waals surface area contributed by atoms with Crippen LogP contribution in [0.15, 0.2) is 35.1 Å². The first-order valence-electron chi connectivity index (χ1n) is 8.69. The molecule has 0 aliphatic carbocycles. The van der Waals surface area contributed by atoms with Crippen molar-refractivity contribution in [2.45, 2.75) is 33.2 Å². The summed E-state index contributed by atoms with van der Waals surface area (Å²) in [6.45, 7) is 4.54. The number of nitrogens with zero attached hydrogens (tertiary/aromatic N) is 4. The third-order valence-corrected chi connectivity index (χ3v) is 5.46. The second-order valence-corrected chi connectivity index (χ2v) is 7.28. The van der Waals surface area contributed by atoms with Crippen molar-refractivity contribution in [2.75, 3.05) is 13.6 Å². The topological polar surface area (TPSA) is 68.1 Å². The quantitative estimate of drug-likeness (QED) is 0.669. The number of benzene rings is 1. The molecular formula is C19H22N4O2S. The lowest BCUT2D eigenvalue weighted by atomic mass is 10.2. The van der Waals surface area contributed by atoms with E-state index in [-0.39, 0.29) is 18.0 Å². The molecule has 2 heterocycles. The van der Waals surface area contributed by atoms with Gasteiger partial charge in [0.1, 0.15) is 11.6 Å². The molecule has 136 valence electrons. The lowest BCUT2D eigenvalue weighted by Gasteiger charge is -2.17. The van der Waals surface area contributed by atoms with Crippen molar-refractivity contribution in [1.29, 1.82) is 0 Å². The SMILES string of the molecule is CCCCN(C)C(=O)Cn1nc(C)c2sc(-c3ccccc3)nc2c1=O. The third kappa shape index (κ3) is 3.67. The maximum atomic E-state index is 12.8. The Labute approximate surface area is 156 Å². The van der Waals surface area contributed by atoms with Gasteiger partial charge in [-0.05, 0) is 13.3 Å². The number of hydrogen-bond donors (Lipinski definition) is 0. The fourth-order valence-corrected chi connectivity index (χ4v) is 3.69. The third-order valence-electron chi connectivity index (χ3n) is 4.24. The molecule has 26 heavy (non-hydrogen) atoms. The van der Waals surface area contributed by atoms with Gasteiger partial charge in [-0.25, -0.2) is 9.67 Å². The number of fused-ring (bicyclic) bond motifs is 1. The molecule has 3 rings (SSSR count). The second kappa shape index (κ2) is 7.78. The summed E-state index contributed by atoms with van der Waals surface area (Å²) in [5.41, 5.74) is 1.74. The summed E-state index contributed by atoms with van der Waals surface area (Å²) in [5, 5.41) is 5.12. The zero-order valence-corrected chi connectivity index (χ0v) is 16.0. The molecule has 1 amide bonds. The molecule has 0 N–H and O–H groups in total. The van der Waals surface area contributed by atoms with Crippen molar-refractivity contribution in [2.24, 2.45) is 0 Å². The first kappa shape index (κ1) is 18.3. The molecule has 0 atom stereocenters. The van der Waals surface area contributed by atoms with Crippen LogP contribution < -0.4 is 5.56 Å². The van der Waals surface area contributed by atoms with Gasteiger partial charge in [0, 0.05) is 19.2 Å². The van der Waals surface area contributed by atoms with Gasteiger partial charge in [0.2, 0.25) is 5.91 Å². The predicted octanol–water partition coefficient (Wildman–Crippen LogP) is 3.09. The van der Waals surface area contributed by atoms with Gasteiger partial charge in [-0.15, -0.1) is 11.3 Å². The standard InChI is InChI=1S/C19H22N4O2S/c1-4-5-11-22(3)15(24)12-23-19(25)16-17(13(2)21-23)26-18(20-16)14-9-7-6-8-10-14/h6-10H,4-5,11-12H2,1-3H3. The van der Waals surface area contributed by atoms with E-state index in [0.29, 0.717) is 17.8 Å². The number of hydrogen-bond acceptors (Lipinski definition) is 5. The van der Waals surface area contributed by atoms with E-state index in [0.717, 1.165) is 28.1 Å². The van der Waals surface area contributed by atoms with Gasteiger partial charge >= 0.3 is 0 Å². The minimum absolute atomic E-state index is 0.0615. The number of thiazole rings is 1. The zero-order valence-electron chi connectivity index (χ0n) is 15.2. The van der Waals surface area contributed by atoms with Crippen LogP contribution in [0.1, 0.15) is 25.5 Å². The minimum atomic E-state index is -0.318. The van der Waals surface area contributed by atoms with E-state index in [9.17, 15) is 9.59 Å². The summed E-state index contributed by atoms with van der Waals surface area (Å²) < 4.78 is 2.01. The number of rotatable bonds is 6. The average molecular weight is 370 g/mol. The fourth-order valence-electron chi connectivity index (χ4n) is 2.68. The first-order chi connectivity index (χ1) is 12.5. The maximum Gasteiger partial charge on any atom is 0.294 e. The van der Waals surface area contributed by atoms with Gasteiger partial charge in [-0.1, -0.05) is 43.7 Å². The van der Waals surface area contributed by atoms with Crippen molar-refractivity contribution >= 4 is 27.5 Å². The van der Waals surface area contributed by atoms with Crippen LogP contribution >= 0.6 is 11.3 Å². The maximum absolute atomic E-state index is 12.8. The molecule has 0 aliphatic heterocycles. The summed E-state index contributed by atoms with van der Waals surface area (Å²) in [5.74, 6) is -0.120. The molecule has 0 saturated carbocycles. The Morgan fingerprint density at radius 1 is 1.27 bits per heavy atom. The molecule has 0 radical (unpaired) electrons. The van der Waals surface area contributed by atoms with Gasteiger partial charge in [0.25, 0.3) is 5.56 Å². The molecule has 0 fully saturated rings. The highest BCUT2D eigenvalue weighted by Crippen LogP contribution is 2.29. The Morgan fingerprint density at radius 2 is 2.00 bits per heavy atom. The molecule has 7 heteroatoms. The van der Waals surface area contributed by atoms with Crippen LogP contribution in [-0.2, 0) is 11.3 Å². The van der Waals surface area contributed by atoms with Crippen molar-refractivity contribution in [3.63, 3.8) is 0 Å². The molecule has 6 nitrogen and oxygen atoms in total. The molecular weight excluding hydrogens is 348 g/mol. The van der Waals surface area contributed by atoms with E-state index in [2.05, 4.69) is 17.0 Å². The molecule has 0 saturated heterocycles. The van der Waals surface area contributed by atoms with Crippen LogP contribution in [0.4, 0.5) is 0 Å². The van der Waals surface area contributed by atoms with E-state index >= 15 is 0 Å². The largest absolute Gasteiger partial charge is 0.344 e. The Balaban J connectivity index is 1.95. The summed E-state index contributed by atoms with van der Waals surface area (Å²) in [7, 11) is 1.75. The molecule has 0 bridgehead atoms. The van der Waals surface area contributed by atoms with Gasteiger partial charge < -0.3 is 4.90 Å². The summed E-state index contributed by atoms with van der Waals surface area (Å²) in [6.07, 6.45) is 1.96. The summed E-state index contributed by atoms with van der Waals surface area (Å²) in [4.78, 5) is 31.3. The number of carbonyl (C=O) groups excluding carboxylic acids is 1. The van der Waals surface area contributed by atoms with Crippen molar-refractivity contribution in [3.8, 4) is 10.6 Å². The van der Waals surface area contributed by atoms with E-state index in [1.165, 1.54) is 16.0 Å². The number of likely N-dealkylation sites (N-methyl/N-ethyl adjacent to an activating group) is 1. The van der Waals surface area contributed by atoms with Crippen LogP contribution in [0, 0.1) is 6.92 Å². The predicted molar refractivity (Wildman–Crippen MR) is 104 cm³/mol. The van der Waals surface area contributed by atoms with Crippen LogP contribution in [0.5, 0.6) is 0 Å². The highest BCUT2D eigenvalue weighted by molar-refractivity contribution is 7.21. The summed E-state index contributed by atoms with van der Waals surface area (Å²) in [6, 6.07) is 9.75. The first-order valence-corrected chi connectivity index (χ1v) is 9.50. The van der Waals surface area contributed by atoms with Crippen LogP contribution in [-0.4, -0.2) is 39.2 Å². The Hall–Kier alpha value is -2.54. The minimum Gasteiger partial charge on any atom is -0.344 e. The van der Waals surface area contributed by atoms with Gasteiger partial charge in [-0.3, -0.25) is 9.59 Å². The Morgan fingerprint density at radius 3 is 2.69 bits per heavy atom. The normalized spacial score (nSPS) is 11.0. The Kier molecular flexibility index (Phi) is 5.46. The summed E-state index contributed by atoms with van der Waals surface area (Å²) >= 11 is 1.45. The van der Waals surface area contributed by atoms with E-state index in [1.54, 1.807) is 11.9 Å². The lowest BCUT2D eigenvalue weighted by Crippen LogP contribution is -2.35. The lowest BCUT2D eigenvalue weighted by molar-refractivity contribution is -0.130. The number of aryl methyl sites for hydroxylation is 1. The highest BCUT2D eigenvalue weighted by atomic mass is 32.1. The smallest absolute Gasteiger partial charge is 0.294 e. The molecule has 0 unspecified atom stereocenters. The average Bonchev–Trinajstić information content (AvgIpc) is 3.11. The number of amides is 1. The van der Waals surface area contributed by atoms with Gasteiger partial charge in [0.15, 0.2) is 5.52 Å². The van der Waals surface area contributed by atoms with Gasteiger partial charge in [0.05, 0.1) is 10.4 Å². The molecule has 3 aromatic rings. The van der Waals surface area contributed by atoms with E-state index in [1.807, 2.05) is 37.3 Å². The zero-order chi connectivity index (χ0) is 18.7. The van der Waals surface area contributed by atoms with Gasteiger partial charge in [-0.2, -0.15) is 5.10 Å². The van der Waals surface area contributed by atoms with E-state index < -0.39 is 0 Å². The van der Waals surface area contributed by atoms with Crippen LogP contribution in [0.3, 0.4) is 0 Å². The van der Waals surface area contributed by atoms with Crippen molar-refractivity contribution < 1.29 is 4.79 Å². The van der Waals surface area contributed by atoms with E-state index in [4.69, 9.17) is 0 Å². The van der Waals surface area contributed by atoms with Crippen molar-refractivity contribution in [3.05, 3.63) is 46.4 Å². The highest BCUT2D eigenvalue weighted by Gasteiger charge is 2.17. The number of aromatic nitrogens is 3. The Bertz CT molecular complexity index is 978. The molecule has 2 aromatic heterocycles. The van der Waals surface area contributed by atoms with Crippen LogP contribution in [0.25, 0.3) is 20.8 Å². The fraction of sp³-hybridized carbons (Fsp3) is 0.368. The number of carbonyl (C=O) groups is 1. The van der Waals surface area contributed by atoms with Crippen LogP contribution in [0.2, 0.25) is 0 Å². The van der Waals surface area contributed by atoms with Crippen molar-refractivity contribution in [1.82, 2.24) is 19.7 Å². The molecule has 0 aliphatic rings. The monoisotopic (exact) mass is 370 g/mol. The number of unbranched alkanes of at least 4 members (excludes halogenated alkanes) is 1. The second-order valence-electron chi connectivity index (χ2n) is 6.28.